The van der Waals surface area contributed by atoms with Gasteiger partial charge in [0.2, 0.25) is 0 Å². The molecule has 0 spiro atoms. The number of aromatic nitrogens is 2. The molecule has 0 fully saturated rings. The van der Waals surface area contributed by atoms with E-state index in [0.717, 1.165) is 0 Å². The van der Waals surface area contributed by atoms with Crippen LogP contribution < -0.4 is 0 Å². The van der Waals surface area contributed by atoms with E-state index in [0.29, 0.717) is 12.0 Å². The number of nitrogens with zero attached hydrogens (tertiary/aromatic N) is 2. The van der Waals surface area contributed by atoms with Crippen molar-refractivity contribution in [2.75, 3.05) is 0 Å². The van der Waals surface area contributed by atoms with Gasteiger partial charge >= 0.3 is 0 Å². The van der Waals surface area contributed by atoms with Crippen molar-refractivity contribution in [2.24, 2.45) is 11.3 Å². The summed E-state index contributed by atoms with van der Waals surface area (Å²) in [4.78, 5) is 0. The van der Waals surface area contributed by atoms with E-state index in [1.54, 1.807) is 0 Å². The number of allylic oxidation sites excluding steroid dienone is 1. The van der Waals surface area contributed by atoms with Crippen molar-refractivity contribution in [3.63, 3.8) is 0 Å². The van der Waals surface area contributed by atoms with Gasteiger partial charge < -0.3 is 0 Å². The summed E-state index contributed by atoms with van der Waals surface area (Å²) in [6, 6.07) is 2.56. The maximum atomic E-state index is 4.38. The van der Waals surface area contributed by atoms with Crippen LogP contribution in [0.1, 0.15) is 46.4 Å². The van der Waals surface area contributed by atoms with Gasteiger partial charge in [0.15, 0.2) is 0 Å². The quantitative estimate of drug-likeness (QED) is 0.632. The van der Waals surface area contributed by atoms with Crippen molar-refractivity contribution in [3.05, 3.63) is 23.5 Å². The fourth-order valence-electron chi connectivity index (χ4n) is 2.44. The lowest BCUT2D eigenvalue weighted by Crippen LogP contribution is -2.27. The highest BCUT2D eigenvalue weighted by Gasteiger charge is 2.31. The van der Waals surface area contributed by atoms with E-state index in [-0.39, 0.29) is 5.41 Å². The van der Waals surface area contributed by atoms with Crippen LogP contribution in [0.2, 0.25) is 0 Å². The molecule has 1 aromatic heterocycles. The molecule has 0 aliphatic carbocycles. The third kappa shape index (κ3) is 1.62. The first-order valence-electron chi connectivity index (χ1n) is 5.67. The van der Waals surface area contributed by atoms with Crippen LogP contribution in [0, 0.1) is 11.3 Å². The molecule has 1 aromatic rings. The summed E-state index contributed by atoms with van der Waals surface area (Å²) < 4.78 is 2.12. The Hall–Kier alpha value is -1.05. The predicted molar refractivity (Wildman–Crippen MR) is 63.5 cm³/mol. The Bertz CT molecular complexity index is 393. The molecule has 0 aromatic carbocycles. The van der Waals surface area contributed by atoms with E-state index in [2.05, 4.69) is 56.5 Å². The second-order valence-electron chi connectivity index (χ2n) is 5.58. The minimum absolute atomic E-state index is 0.253. The van der Waals surface area contributed by atoms with Crippen LogP contribution in [0.5, 0.6) is 0 Å². The van der Waals surface area contributed by atoms with Gasteiger partial charge in [-0.25, -0.2) is 0 Å². The number of hydrogen-bond acceptors (Lipinski definition) is 1. The van der Waals surface area contributed by atoms with Gasteiger partial charge in [-0.2, -0.15) is 5.10 Å². The van der Waals surface area contributed by atoms with E-state index < -0.39 is 0 Å². The van der Waals surface area contributed by atoms with Crippen molar-refractivity contribution in [2.45, 2.75) is 40.7 Å². The van der Waals surface area contributed by atoms with Gasteiger partial charge in [-0.3, -0.25) is 4.68 Å². The third-order valence-corrected chi connectivity index (χ3v) is 3.47. The Kier molecular flexibility index (Phi) is 2.25. The van der Waals surface area contributed by atoms with Gasteiger partial charge in [-0.1, -0.05) is 33.3 Å². The normalized spacial score (nSPS) is 26.1. The van der Waals surface area contributed by atoms with Crippen molar-refractivity contribution < 1.29 is 0 Å². The van der Waals surface area contributed by atoms with Gasteiger partial charge in [0.25, 0.3) is 0 Å². The van der Waals surface area contributed by atoms with Crippen molar-refractivity contribution in [3.8, 4) is 0 Å². The lowest BCUT2D eigenvalue weighted by Gasteiger charge is -2.36. The minimum atomic E-state index is 0.253. The second-order valence-corrected chi connectivity index (χ2v) is 5.58. The summed E-state index contributed by atoms with van der Waals surface area (Å²) in [5.41, 5.74) is 3.02. The molecule has 0 radical (unpaired) electrons. The molecule has 2 nitrogen and oxygen atoms in total. The van der Waals surface area contributed by atoms with Crippen LogP contribution in [-0.2, 0) is 0 Å². The zero-order valence-corrected chi connectivity index (χ0v) is 10.3. The molecular weight excluding hydrogens is 184 g/mol. The highest BCUT2D eigenvalue weighted by molar-refractivity contribution is 5.53. The number of rotatable bonds is 0. The molecule has 0 amide bonds. The highest BCUT2D eigenvalue weighted by Crippen LogP contribution is 2.41. The van der Waals surface area contributed by atoms with Crippen molar-refractivity contribution in [1.82, 2.24) is 9.78 Å². The minimum Gasteiger partial charge on any atom is -0.262 e. The first-order valence-corrected chi connectivity index (χ1v) is 5.67. The Balaban J connectivity index is 2.51. The van der Waals surface area contributed by atoms with E-state index in [9.17, 15) is 0 Å². The van der Waals surface area contributed by atoms with E-state index in [1.165, 1.54) is 11.3 Å². The lowest BCUT2D eigenvalue weighted by atomic mass is 9.75. The number of hydrogen-bond donors (Lipinski definition) is 0. The molecule has 2 rings (SSSR count). The molecule has 2 atom stereocenters. The number of fused-ring (bicyclic) bond motifs is 1. The van der Waals surface area contributed by atoms with Crippen LogP contribution in [0.4, 0.5) is 0 Å². The Morgan fingerprint density at radius 1 is 1.27 bits per heavy atom. The Morgan fingerprint density at radius 2 is 1.93 bits per heavy atom. The largest absolute Gasteiger partial charge is 0.262 e. The maximum Gasteiger partial charge on any atom is 0.0613 e. The molecule has 2 heterocycles. The van der Waals surface area contributed by atoms with Gasteiger partial charge in [0.05, 0.1) is 11.7 Å². The first-order chi connectivity index (χ1) is 6.91. The predicted octanol–water partition coefficient (Wildman–Crippen LogP) is 3.52. The molecule has 82 valence electrons. The average Bonchev–Trinajstić information content (AvgIpc) is 2.57. The monoisotopic (exact) mass is 204 g/mol. The Labute approximate surface area is 92.0 Å². The van der Waals surface area contributed by atoms with E-state index in [1.807, 2.05) is 6.20 Å². The summed E-state index contributed by atoms with van der Waals surface area (Å²) in [7, 11) is 0. The molecule has 0 bridgehead atoms. The fraction of sp³-hybridized carbons (Fsp3) is 0.615. The topological polar surface area (TPSA) is 17.8 Å². The molecule has 0 N–H and O–H groups in total. The molecule has 1 aliphatic heterocycles. The van der Waals surface area contributed by atoms with Gasteiger partial charge in [-0.15, -0.1) is 0 Å². The zero-order valence-electron chi connectivity index (χ0n) is 10.3. The average molecular weight is 204 g/mol. The molecule has 1 aliphatic rings. The van der Waals surface area contributed by atoms with Crippen molar-refractivity contribution >= 4 is 6.08 Å². The highest BCUT2D eigenvalue weighted by atomic mass is 15.3. The summed E-state index contributed by atoms with van der Waals surface area (Å²) >= 11 is 0. The second kappa shape index (κ2) is 3.22. The fourth-order valence-corrected chi connectivity index (χ4v) is 2.44. The molecule has 2 heteroatoms. The maximum absolute atomic E-state index is 4.38. The van der Waals surface area contributed by atoms with Crippen LogP contribution in [-0.4, -0.2) is 9.78 Å². The van der Waals surface area contributed by atoms with Crippen LogP contribution in [0.25, 0.3) is 6.08 Å². The van der Waals surface area contributed by atoms with Crippen LogP contribution >= 0.6 is 0 Å². The summed E-state index contributed by atoms with van der Waals surface area (Å²) in [6.07, 6.45) is 4.19. The van der Waals surface area contributed by atoms with Gasteiger partial charge in [-0.05, 0) is 24.5 Å². The zero-order chi connectivity index (χ0) is 11.2. The summed E-state index contributed by atoms with van der Waals surface area (Å²) in [5, 5.41) is 4.38. The van der Waals surface area contributed by atoms with E-state index in [4.69, 9.17) is 0 Å². The van der Waals surface area contributed by atoms with Crippen molar-refractivity contribution in [1.29, 1.82) is 0 Å². The lowest BCUT2D eigenvalue weighted by molar-refractivity contribution is 0.325. The first kappa shape index (κ1) is 10.5. The summed E-state index contributed by atoms with van der Waals surface area (Å²) in [6.45, 7) is 11.4. The van der Waals surface area contributed by atoms with E-state index >= 15 is 0 Å². The van der Waals surface area contributed by atoms with Crippen LogP contribution in [0.15, 0.2) is 17.8 Å². The molecule has 15 heavy (non-hydrogen) atoms. The van der Waals surface area contributed by atoms with Gasteiger partial charge in [0.1, 0.15) is 0 Å². The molecular formula is C13H20N2. The third-order valence-electron chi connectivity index (χ3n) is 3.47. The molecule has 0 saturated carbocycles. The SMILES string of the molecule is CC1C(C(C)(C)C)=Cc2ccnn2[C@@H]1C. The standard InChI is InChI=1S/C13H20N2/c1-9-10(2)15-11(6-7-14-15)8-12(9)13(3,4)5/h6-10H,1-5H3/t9?,10-/m1/s1. The van der Waals surface area contributed by atoms with Gasteiger partial charge in [0, 0.05) is 12.1 Å². The Morgan fingerprint density at radius 3 is 2.53 bits per heavy atom. The molecule has 1 unspecified atom stereocenters. The smallest absolute Gasteiger partial charge is 0.0613 e. The van der Waals surface area contributed by atoms with Crippen LogP contribution in [0.3, 0.4) is 0 Å². The summed E-state index contributed by atoms with van der Waals surface area (Å²) in [5.74, 6) is 0.567. The molecule has 0 saturated heterocycles.